The van der Waals surface area contributed by atoms with Gasteiger partial charge in [0.2, 0.25) is 5.89 Å². The molecule has 0 aliphatic heterocycles. The van der Waals surface area contributed by atoms with E-state index in [1.54, 1.807) is 6.92 Å². The fourth-order valence-corrected chi connectivity index (χ4v) is 1.18. The molecule has 0 radical (unpaired) electrons. The lowest BCUT2D eigenvalue weighted by Gasteiger charge is -2.05. The highest BCUT2D eigenvalue weighted by atomic mass is 127. The third kappa shape index (κ3) is 2.87. The summed E-state index contributed by atoms with van der Waals surface area (Å²) in [5, 5.41) is 10.7. The largest absolute Gasteiger partial charge is 0.465 e. The van der Waals surface area contributed by atoms with Crippen LogP contribution in [-0.4, -0.2) is 16.2 Å². The Morgan fingerprint density at radius 1 is 1.92 bits per heavy atom. The molecule has 0 saturated carbocycles. The number of amides is 1. The summed E-state index contributed by atoms with van der Waals surface area (Å²) in [5.74, 6) is 0.397. The molecule has 0 fully saturated rings. The molecule has 0 aliphatic carbocycles. The van der Waals surface area contributed by atoms with Crippen LogP contribution in [0.2, 0.25) is 0 Å². The van der Waals surface area contributed by atoms with Crippen LogP contribution in [0.3, 0.4) is 0 Å². The van der Waals surface area contributed by atoms with Crippen molar-refractivity contribution in [3.63, 3.8) is 0 Å². The van der Waals surface area contributed by atoms with Gasteiger partial charge in [-0.25, -0.2) is 9.78 Å². The zero-order valence-corrected chi connectivity index (χ0v) is 9.11. The van der Waals surface area contributed by atoms with E-state index in [2.05, 4.69) is 32.9 Å². The number of carboxylic acid groups (broad SMARTS) is 1. The Balaban J connectivity index is 2.65. The number of carbonyl (C=O) groups is 1. The zero-order chi connectivity index (χ0) is 9.84. The SMILES string of the molecule is CC(NC(=O)O)c1nc(CI)co1. The molecule has 13 heavy (non-hydrogen) atoms. The molecular weight excluding hydrogens is 287 g/mol. The van der Waals surface area contributed by atoms with E-state index in [1.165, 1.54) is 6.26 Å². The number of nitrogens with zero attached hydrogens (tertiary/aromatic N) is 1. The Morgan fingerprint density at radius 3 is 3.08 bits per heavy atom. The molecule has 0 saturated heterocycles. The van der Waals surface area contributed by atoms with E-state index in [9.17, 15) is 4.79 Å². The van der Waals surface area contributed by atoms with Crippen molar-refractivity contribution >= 4 is 28.7 Å². The molecule has 5 nitrogen and oxygen atoms in total. The highest BCUT2D eigenvalue weighted by molar-refractivity contribution is 14.1. The Kier molecular flexibility index (Phi) is 3.52. The maximum absolute atomic E-state index is 10.3. The van der Waals surface area contributed by atoms with Crippen LogP contribution in [0.4, 0.5) is 4.79 Å². The first-order valence-electron chi connectivity index (χ1n) is 3.63. The summed E-state index contributed by atoms with van der Waals surface area (Å²) < 4.78 is 5.83. The standard InChI is InChI=1S/C7H9IN2O3/c1-4(9-7(11)12)6-10-5(2-8)3-13-6/h3-4,9H,2H2,1H3,(H,11,12). The fourth-order valence-electron chi connectivity index (χ4n) is 0.830. The number of aromatic nitrogens is 1. The average molecular weight is 296 g/mol. The zero-order valence-electron chi connectivity index (χ0n) is 6.95. The molecule has 1 heterocycles. The van der Waals surface area contributed by atoms with E-state index in [0.717, 1.165) is 10.1 Å². The third-order valence-electron chi connectivity index (χ3n) is 1.42. The number of halogens is 1. The molecular formula is C7H9IN2O3. The molecule has 1 atom stereocenters. The number of nitrogens with one attached hydrogen (secondary N) is 1. The second-order valence-corrected chi connectivity index (χ2v) is 3.24. The predicted octanol–water partition coefficient (Wildman–Crippen LogP) is 1.94. The quantitative estimate of drug-likeness (QED) is 0.660. The van der Waals surface area contributed by atoms with Crippen LogP contribution in [0.25, 0.3) is 0 Å². The van der Waals surface area contributed by atoms with Crippen molar-refractivity contribution < 1.29 is 14.3 Å². The first-order chi connectivity index (χ1) is 6.13. The van der Waals surface area contributed by atoms with Crippen molar-refractivity contribution in [2.75, 3.05) is 0 Å². The van der Waals surface area contributed by atoms with E-state index in [4.69, 9.17) is 9.52 Å². The monoisotopic (exact) mass is 296 g/mol. The van der Waals surface area contributed by atoms with E-state index in [1.807, 2.05) is 0 Å². The van der Waals surface area contributed by atoms with Gasteiger partial charge in [-0.2, -0.15) is 0 Å². The molecule has 1 aromatic rings. The summed E-state index contributed by atoms with van der Waals surface area (Å²) in [7, 11) is 0. The van der Waals surface area contributed by atoms with E-state index in [0.29, 0.717) is 5.89 Å². The summed E-state index contributed by atoms with van der Waals surface area (Å²) in [6, 6.07) is -0.408. The number of rotatable bonds is 3. The predicted molar refractivity (Wildman–Crippen MR) is 53.8 cm³/mol. The topological polar surface area (TPSA) is 75.4 Å². The minimum atomic E-state index is -1.08. The van der Waals surface area contributed by atoms with Gasteiger partial charge >= 0.3 is 6.09 Å². The third-order valence-corrected chi connectivity index (χ3v) is 2.20. The minimum absolute atomic E-state index is 0.397. The molecule has 1 unspecified atom stereocenters. The fraction of sp³-hybridized carbons (Fsp3) is 0.429. The number of oxazole rings is 1. The first-order valence-corrected chi connectivity index (χ1v) is 5.15. The van der Waals surface area contributed by atoms with E-state index >= 15 is 0 Å². The van der Waals surface area contributed by atoms with Crippen molar-refractivity contribution in [1.82, 2.24) is 10.3 Å². The van der Waals surface area contributed by atoms with Gasteiger partial charge < -0.3 is 14.8 Å². The van der Waals surface area contributed by atoms with Gasteiger partial charge in [0, 0.05) is 4.43 Å². The van der Waals surface area contributed by atoms with Gasteiger partial charge in [-0.05, 0) is 6.92 Å². The Labute approximate surface area is 88.7 Å². The maximum Gasteiger partial charge on any atom is 0.405 e. The molecule has 0 spiro atoms. The second-order valence-electron chi connectivity index (χ2n) is 2.48. The van der Waals surface area contributed by atoms with Gasteiger partial charge in [-0.15, -0.1) is 0 Å². The highest BCUT2D eigenvalue weighted by Gasteiger charge is 2.13. The van der Waals surface area contributed by atoms with Crippen LogP contribution >= 0.6 is 22.6 Å². The molecule has 1 aromatic heterocycles. The lowest BCUT2D eigenvalue weighted by molar-refractivity contribution is 0.188. The van der Waals surface area contributed by atoms with Crippen LogP contribution < -0.4 is 5.32 Å². The van der Waals surface area contributed by atoms with Crippen LogP contribution in [0.15, 0.2) is 10.7 Å². The van der Waals surface area contributed by atoms with Crippen LogP contribution in [0.5, 0.6) is 0 Å². The van der Waals surface area contributed by atoms with Crippen molar-refractivity contribution in [3.8, 4) is 0 Å². The smallest absolute Gasteiger partial charge is 0.405 e. The second kappa shape index (κ2) is 4.45. The number of alkyl halides is 1. The van der Waals surface area contributed by atoms with Crippen molar-refractivity contribution in [3.05, 3.63) is 17.8 Å². The van der Waals surface area contributed by atoms with Crippen molar-refractivity contribution in [2.24, 2.45) is 0 Å². The molecule has 2 N–H and O–H groups in total. The first kappa shape index (κ1) is 10.3. The normalized spacial score (nSPS) is 12.5. The summed E-state index contributed by atoms with van der Waals surface area (Å²) >= 11 is 2.16. The highest BCUT2D eigenvalue weighted by Crippen LogP contribution is 2.13. The van der Waals surface area contributed by atoms with Gasteiger partial charge in [0.05, 0.1) is 5.69 Å². The van der Waals surface area contributed by atoms with Gasteiger partial charge in [0.15, 0.2) is 0 Å². The Morgan fingerprint density at radius 2 is 2.62 bits per heavy atom. The van der Waals surface area contributed by atoms with Gasteiger partial charge in [-0.3, -0.25) is 0 Å². The summed E-state index contributed by atoms with van der Waals surface area (Å²) in [6.07, 6.45) is 0.448. The van der Waals surface area contributed by atoms with Crippen LogP contribution in [0, 0.1) is 0 Å². The van der Waals surface area contributed by atoms with Gasteiger partial charge in [-0.1, -0.05) is 22.6 Å². The number of hydrogen-bond donors (Lipinski definition) is 2. The summed E-state index contributed by atoms with van der Waals surface area (Å²) in [4.78, 5) is 14.4. The molecule has 0 bridgehead atoms. The van der Waals surface area contributed by atoms with Crippen LogP contribution in [0.1, 0.15) is 24.6 Å². The molecule has 0 aromatic carbocycles. The van der Waals surface area contributed by atoms with Crippen molar-refractivity contribution in [2.45, 2.75) is 17.4 Å². The summed E-state index contributed by atoms with van der Waals surface area (Å²) in [6.45, 7) is 1.68. The number of hydrogen-bond acceptors (Lipinski definition) is 3. The Hall–Kier alpha value is -0.790. The van der Waals surface area contributed by atoms with E-state index in [-0.39, 0.29) is 0 Å². The average Bonchev–Trinajstić information content (AvgIpc) is 2.50. The molecule has 1 amide bonds. The minimum Gasteiger partial charge on any atom is -0.465 e. The summed E-state index contributed by atoms with van der Waals surface area (Å²) in [5.41, 5.74) is 0.814. The van der Waals surface area contributed by atoms with E-state index < -0.39 is 12.1 Å². The molecule has 1 rings (SSSR count). The molecule has 6 heteroatoms. The molecule has 0 aliphatic rings. The lowest BCUT2D eigenvalue weighted by Crippen LogP contribution is -2.24. The van der Waals surface area contributed by atoms with Crippen molar-refractivity contribution in [1.29, 1.82) is 0 Å². The lowest BCUT2D eigenvalue weighted by atomic mass is 10.3. The molecule has 72 valence electrons. The van der Waals surface area contributed by atoms with Crippen LogP contribution in [-0.2, 0) is 4.43 Å². The van der Waals surface area contributed by atoms with Gasteiger partial charge in [0.1, 0.15) is 12.3 Å². The maximum atomic E-state index is 10.3. The Bertz CT molecular complexity index is 300. The van der Waals surface area contributed by atoms with Gasteiger partial charge in [0.25, 0.3) is 0 Å².